The molecule has 15 heteroatoms. The van der Waals surface area contributed by atoms with Crippen molar-refractivity contribution in [2.24, 2.45) is 0 Å². The van der Waals surface area contributed by atoms with E-state index in [1.807, 2.05) is 0 Å². The molecule has 1 amide bonds. The molecule has 3 aromatic rings. The zero-order valence-corrected chi connectivity index (χ0v) is 17.9. The number of hydrogen-bond acceptors (Lipinski definition) is 7. The molecule has 0 radical (unpaired) electrons. The second-order valence-electron chi connectivity index (χ2n) is 6.20. The Morgan fingerprint density at radius 1 is 1.29 bits per heavy atom. The number of nitro groups is 2. The molecule has 0 unspecified atom stereocenters. The van der Waals surface area contributed by atoms with Crippen molar-refractivity contribution >= 4 is 50.8 Å². The summed E-state index contributed by atoms with van der Waals surface area (Å²) in [7, 11) is 0. The number of amides is 1. The van der Waals surface area contributed by atoms with Crippen LogP contribution in [-0.4, -0.2) is 35.3 Å². The van der Waals surface area contributed by atoms with E-state index in [1.54, 1.807) is 0 Å². The van der Waals surface area contributed by atoms with Crippen molar-refractivity contribution in [2.75, 3.05) is 5.32 Å². The summed E-state index contributed by atoms with van der Waals surface area (Å²) in [5, 5.41) is 32.4. The molecule has 0 aliphatic carbocycles. The number of anilines is 1. The third-order valence-corrected chi connectivity index (χ3v) is 5.10. The Balaban J connectivity index is 1.77. The molecule has 1 N–H and O–H groups in total. The van der Waals surface area contributed by atoms with Crippen LogP contribution in [0.5, 0.6) is 0 Å². The van der Waals surface area contributed by atoms with Crippen molar-refractivity contribution in [3.8, 4) is 0 Å². The fourth-order valence-electron chi connectivity index (χ4n) is 2.73. The number of carbonyl (C=O) groups excluding carboxylic acids is 1. The molecule has 0 fully saturated rings. The summed E-state index contributed by atoms with van der Waals surface area (Å²) in [6, 6.07) is 4.26. The molecular weight excluding hydrogens is 505 g/mol. The van der Waals surface area contributed by atoms with Gasteiger partial charge in [-0.2, -0.15) is 9.78 Å². The number of aromatic nitrogens is 4. The van der Waals surface area contributed by atoms with E-state index in [0.29, 0.717) is 4.47 Å². The van der Waals surface area contributed by atoms with Crippen LogP contribution in [0.1, 0.15) is 11.3 Å². The van der Waals surface area contributed by atoms with Gasteiger partial charge in [0.15, 0.2) is 5.82 Å². The average molecular weight is 517 g/mol. The van der Waals surface area contributed by atoms with E-state index < -0.39 is 39.6 Å². The predicted molar refractivity (Wildman–Crippen MR) is 109 cm³/mol. The minimum Gasteiger partial charge on any atom is -0.358 e. The third-order valence-electron chi connectivity index (χ3n) is 4.16. The Bertz CT molecular complexity index is 1190. The second-order valence-corrected chi connectivity index (χ2v) is 7.46. The van der Waals surface area contributed by atoms with Crippen LogP contribution in [0.15, 0.2) is 28.9 Å². The lowest BCUT2D eigenvalue weighted by Gasteiger charge is -2.06. The van der Waals surface area contributed by atoms with Gasteiger partial charge in [0.2, 0.25) is 5.91 Å². The summed E-state index contributed by atoms with van der Waals surface area (Å²) in [4.78, 5) is 32.5. The zero-order valence-electron chi connectivity index (χ0n) is 15.6. The van der Waals surface area contributed by atoms with Gasteiger partial charge in [-0.1, -0.05) is 17.7 Å². The molecule has 1 aromatic carbocycles. The molecule has 0 saturated carbocycles. The van der Waals surface area contributed by atoms with Gasteiger partial charge in [0.1, 0.15) is 18.1 Å². The van der Waals surface area contributed by atoms with Gasteiger partial charge in [0, 0.05) is 16.8 Å². The van der Waals surface area contributed by atoms with Gasteiger partial charge >= 0.3 is 11.5 Å². The standard InChI is InChI=1S/C16H12BrClFN7O5/c1-8-14(25(28)29)16(26(30)31)22-24(8)7-13(27)20-15-10(17)6-23(21-15)5-9-11(18)3-2-4-12(9)19/h2-4,6H,5,7H2,1H3,(H,20,21,27). The van der Waals surface area contributed by atoms with Crippen LogP contribution in [0.4, 0.5) is 21.7 Å². The molecule has 0 bridgehead atoms. The zero-order chi connectivity index (χ0) is 22.9. The second kappa shape index (κ2) is 8.77. The Morgan fingerprint density at radius 2 is 2.00 bits per heavy atom. The van der Waals surface area contributed by atoms with Gasteiger partial charge in [-0.25, -0.2) is 4.39 Å². The topological polar surface area (TPSA) is 151 Å². The van der Waals surface area contributed by atoms with Crippen molar-refractivity contribution < 1.29 is 19.0 Å². The first kappa shape index (κ1) is 22.3. The van der Waals surface area contributed by atoms with Crippen LogP contribution in [0.25, 0.3) is 0 Å². The monoisotopic (exact) mass is 515 g/mol. The Labute approximate surface area is 186 Å². The van der Waals surface area contributed by atoms with Gasteiger partial charge in [0.05, 0.1) is 21.0 Å². The first-order valence-corrected chi connectivity index (χ1v) is 9.57. The fraction of sp³-hybridized carbons (Fsp3) is 0.188. The molecule has 162 valence electrons. The maximum Gasteiger partial charge on any atom is 0.468 e. The SMILES string of the molecule is Cc1c([N+](=O)[O-])c([N+](=O)[O-])nn1CC(=O)Nc1nn(Cc2c(F)cccc2Cl)cc1Br. The Morgan fingerprint density at radius 3 is 2.58 bits per heavy atom. The predicted octanol–water partition coefficient (Wildman–Crippen LogP) is 3.45. The van der Waals surface area contributed by atoms with Crippen molar-refractivity contribution in [1.82, 2.24) is 19.6 Å². The van der Waals surface area contributed by atoms with Crippen molar-refractivity contribution in [3.05, 3.63) is 71.2 Å². The summed E-state index contributed by atoms with van der Waals surface area (Å²) in [6.07, 6.45) is 1.49. The lowest BCUT2D eigenvalue weighted by atomic mass is 10.2. The van der Waals surface area contributed by atoms with E-state index in [2.05, 4.69) is 31.4 Å². The molecule has 2 aromatic heterocycles. The molecule has 0 saturated heterocycles. The number of nitrogens with one attached hydrogen (secondary N) is 1. The van der Waals surface area contributed by atoms with Gasteiger partial charge in [0.25, 0.3) is 0 Å². The van der Waals surface area contributed by atoms with Crippen LogP contribution in [0, 0.1) is 33.0 Å². The molecule has 3 rings (SSSR count). The quantitative estimate of drug-likeness (QED) is 0.373. The molecule has 2 heterocycles. The minimum absolute atomic E-state index is 0.00334. The van der Waals surface area contributed by atoms with Crippen LogP contribution >= 0.6 is 27.5 Å². The first-order valence-electron chi connectivity index (χ1n) is 8.40. The number of benzene rings is 1. The van der Waals surface area contributed by atoms with E-state index in [9.17, 15) is 29.4 Å². The van der Waals surface area contributed by atoms with Gasteiger partial charge in [-0.05, 0) is 39.9 Å². The van der Waals surface area contributed by atoms with E-state index in [-0.39, 0.29) is 28.6 Å². The molecule has 31 heavy (non-hydrogen) atoms. The number of hydrogen-bond donors (Lipinski definition) is 1. The van der Waals surface area contributed by atoms with Crippen LogP contribution < -0.4 is 5.32 Å². The average Bonchev–Trinajstić information content (AvgIpc) is 3.18. The van der Waals surface area contributed by atoms with E-state index in [0.717, 1.165) is 4.68 Å². The molecule has 12 nitrogen and oxygen atoms in total. The van der Waals surface area contributed by atoms with Crippen LogP contribution in [0.2, 0.25) is 5.02 Å². The van der Waals surface area contributed by atoms with E-state index >= 15 is 0 Å². The van der Waals surface area contributed by atoms with Gasteiger partial charge in [-0.3, -0.25) is 19.6 Å². The van der Waals surface area contributed by atoms with Gasteiger partial charge < -0.3 is 15.4 Å². The van der Waals surface area contributed by atoms with E-state index in [4.69, 9.17) is 11.6 Å². The minimum atomic E-state index is -0.994. The highest BCUT2D eigenvalue weighted by Crippen LogP contribution is 2.29. The summed E-state index contributed by atoms with van der Waals surface area (Å²) in [5.41, 5.74) is -0.723. The van der Waals surface area contributed by atoms with Crippen molar-refractivity contribution in [3.63, 3.8) is 0 Å². The lowest BCUT2D eigenvalue weighted by Crippen LogP contribution is -2.21. The highest BCUT2D eigenvalue weighted by atomic mass is 79.9. The highest BCUT2D eigenvalue weighted by Gasteiger charge is 2.35. The molecule has 0 aliphatic heterocycles. The van der Waals surface area contributed by atoms with Crippen LogP contribution in [0.3, 0.4) is 0 Å². The normalized spacial score (nSPS) is 10.8. The van der Waals surface area contributed by atoms with Crippen LogP contribution in [-0.2, 0) is 17.9 Å². The first-order chi connectivity index (χ1) is 14.6. The smallest absolute Gasteiger partial charge is 0.358 e. The lowest BCUT2D eigenvalue weighted by molar-refractivity contribution is -0.424. The summed E-state index contributed by atoms with van der Waals surface area (Å²) in [6.45, 7) is 0.712. The van der Waals surface area contributed by atoms with Crippen molar-refractivity contribution in [1.29, 1.82) is 0 Å². The summed E-state index contributed by atoms with van der Waals surface area (Å²) in [5.74, 6) is -2.07. The van der Waals surface area contributed by atoms with E-state index in [1.165, 1.54) is 36.0 Å². The third kappa shape index (κ3) is 4.69. The number of nitrogens with zero attached hydrogens (tertiary/aromatic N) is 6. The largest absolute Gasteiger partial charge is 0.468 e. The number of rotatable bonds is 7. The molecule has 0 atom stereocenters. The Kier molecular flexibility index (Phi) is 6.31. The highest BCUT2D eigenvalue weighted by molar-refractivity contribution is 9.10. The fourth-order valence-corrected chi connectivity index (χ4v) is 3.36. The molecule has 0 spiro atoms. The Hall–Kier alpha value is -3.39. The maximum absolute atomic E-state index is 14.0. The van der Waals surface area contributed by atoms with Gasteiger partial charge in [-0.15, -0.1) is 0 Å². The molecular formula is C16H12BrClFN7O5. The summed E-state index contributed by atoms with van der Waals surface area (Å²) < 4.78 is 16.5. The maximum atomic E-state index is 14.0. The van der Waals surface area contributed by atoms with Crippen molar-refractivity contribution in [2.45, 2.75) is 20.0 Å². The number of carbonyl (C=O) groups is 1. The number of halogens is 3. The molecule has 0 aliphatic rings. The summed E-state index contributed by atoms with van der Waals surface area (Å²) >= 11 is 9.23.